The first kappa shape index (κ1) is 10.4. The zero-order valence-corrected chi connectivity index (χ0v) is 9.35. The lowest BCUT2D eigenvalue weighted by atomic mass is 9.95. The molecule has 4 heteroatoms. The van der Waals surface area contributed by atoms with Crippen molar-refractivity contribution in [2.45, 2.75) is 50.6 Å². The molecule has 0 spiro atoms. The molecule has 0 radical (unpaired) electrons. The zero-order valence-electron chi connectivity index (χ0n) is 8.54. The molecule has 3 nitrogen and oxygen atoms in total. The average molecular weight is 217 g/mol. The molecule has 0 amide bonds. The van der Waals surface area contributed by atoms with Gasteiger partial charge in [0, 0.05) is 12.1 Å². The van der Waals surface area contributed by atoms with Gasteiger partial charge in [0.25, 0.3) is 0 Å². The van der Waals surface area contributed by atoms with Gasteiger partial charge in [0.2, 0.25) is 0 Å². The molecule has 1 aliphatic carbocycles. The fourth-order valence-corrected chi connectivity index (χ4v) is 4.22. The summed E-state index contributed by atoms with van der Waals surface area (Å²) in [5, 5.41) is 3.49. The fraction of sp³-hybridized carbons (Fsp3) is 1.00. The molecule has 1 heterocycles. The first-order valence-corrected chi connectivity index (χ1v) is 7.44. The second kappa shape index (κ2) is 4.19. The van der Waals surface area contributed by atoms with E-state index in [1.165, 1.54) is 32.1 Å². The Hall–Kier alpha value is -0.0900. The van der Waals surface area contributed by atoms with E-state index in [0.29, 0.717) is 17.5 Å². The van der Waals surface area contributed by atoms with Crippen LogP contribution in [0.5, 0.6) is 0 Å². The van der Waals surface area contributed by atoms with Crippen molar-refractivity contribution < 1.29 is 8.42 Å². The smallest absolute Gasteiger partial charge is 0.151 e. The molecule has 1 saturated heterocycles. The van der Waals surface area contributed by atoms with E-state index in [1.54, 1.807) is 0 Å². The summed E-state index contributed by atoms with van der Waals surface area (Å²) in [6.45, 7) is 0. The monoisotopic (exact) mass is 217 g/mol. The van der Waals surface area contributed by atoms with Gasteiger partial charge in [-0.25, -0.2) is 8.42 Å². The fourth-order valence-electron chi connectivity index (χ4n) is 2.53. The quantitative estimate of drug-likeness (QED) is 0.753. The molecule has 82 valence electrons. The lowest BCUT2D eigenvalue weighted by Crippen LogP contribution is -2.40. The van der Waals surface area contributed by atoms with Crippen LogP contribution in [0, 0.1) is 0 Å². The molecule has 1 atom stereocenters. The molecule has 0 aromatic carbocycles. The highest BCUT2D eigenvalue weighted by Crippen LogP contribution is 2.20. The minimum Gasteiger partial charge on any atom is -0.310 e. The van der Waals surface area contributed by atoms with Crippen LogP contribution in [0.2, 0.25) is 0 Å². The maximum absolute atomic E-state index is 11.2. The molecule has 1 N–H and O–H groups in total. The molecule has 1 aliphatic heterocycles. The molecule has 2 rings (SSSR count). The summed E-state index contributed by atoms with van der Waals surface area (Å²) < 4.78 is 22.5. The molecule has 1 unspecified atom stereocenters. The van der Waals surface area contributed by atoms with Gasteiger partial charge >= 0.3 is 0 Å². The van der Waals surface area contributed by atoms with E-state index in [4.69, 9.17) is 0 Å². The van der Waals surface area contributed by atoms with E-state index in [0.717, 1.165) is 6.42 Å². The van der Waals surface area contributed by atoms with E-state index < -0.39 is 9.84 Å². The van der Waals surface area contributed by atoms with Gasteiger partial charge in [0.05, 0.1) is 11.5 Å². The Morgan fingerprint density at radius 1 is 0.929 bits per heavy atom. The summed E-state index contributed by atoms with van der Waals surface area (Å²) in [5.74, 6) is 0.751. The molecule has 1 saturated carbocycles. The lowest BCUT2D eigenvalue weighted by molar-refractivity contribution is 0.346. The maximum atomic E-state index is 11.2. The second-order valence-electron chi connectivity index (χ2n) is 4.60. The van der Waals surface area contributed by atoms with Crippen molar-refractivity contribution >= 4 is 9.84 Å². The van der Waals surface area contributed by atoms with Crippen LogP contribution in [0.1, 0.15) is 38.5 Å². The van der Waals surface area contributed by atoms with Crippen LogP contribution < -0.4 is 5.32 Å². The largest absolute Gasteiger partial charge is 0.310 e. The lowest BCUT2D eigenvalue weighted by Gasteiger charge is -2.25. The number of nitrogens with one attached hydrogen (secondary N) is 1. The Kier molecular flexibility index (Phi) is 3.12. The molecule has 2 fully saturated rings. The van der Waals surface area contributed by atoms with Crippen molar-refractivity contribution in [1.29, 1.82) is 0 Å². The van der Waals surface area contributed by atoms with Crippen molar-refractivity contribution in [3.05, 3.63) is 0 Å². The van der Waals surface area contributed by atoms with Gasteiger partial charge in [-0.3, -0.25) is 0 Å². The summed E-state index contributed by atoms with van der Waals surface area (Å²) in [5.41, 5.74) is 0. The number of hydrogen-bond acceptors (Lipinski definition) is 3. The van der Waals surface area contributed by atoms with Crippen molar-refractivity contribution in [1.82, 2.24) is 5.32 Å². The van der Waals surface area contributed by atoms with E-state index in [2.05, 4.69) is 5.32 Å². The first-order chi connectivity index (χ1) is 6.66. The summed E-state index contributed by atoms with van der Waals surface area (Å²) >= 11 is 0. The van der Waals surface area contributed by atoms with Gasteiger partial charge in [-0.15, -0.1) is 0 Å². The van der Waals surface area contributed by atoms with Gasteiger partial charge in [-0.1, -0.05) is 19.3 Å². The standard InChI is InChI=1S/C10H19NO2S/c12-14(13)7-6-10(8-14)11-9-4-2-1-3-5-9/h9-11H,1-8H2. The predicted molar refractivity (Wildman–Crippen MR) is 57.1 cm³/mol. The van der Waals surface area contributed by atoms with Crippen LogP contribution in [-0.4, -0.2) is 32.0 Å². The van der Waals surface area contributed by atoms with E-state index in [-0.39, 0.29) is 6.04 Å². The van der Waals surface area contributed by atoms with E-state index in [1.807, 2.05) is 0 Å². The Morgan fingerprint density at radius 2 is 1.64 bits per heavy atom. The van der Waals surface area contributed by atoms with Crippen LogP contribution in [0.15, 0.2) is 0 Å². The third-order valence-electron chi connectivity index (χ3n) is 3.31. The van der Waals surface area contributed by atoms with E-state index in [9.17, 15) is 8.42 Å². The molecular formula is C10H19NO2S. The highest BCUT2D eigenvalue weighted by molar-refractivity contribution is 7.91. The van der Waals surface area contributed by atoms with E-state index >= 15 is 0 Å². The Balaban J connectivity index is 1.80. The van der Waals surface area contributed by atoms with Crippen LogP contribution >= 0.6 is 0 Å². The third kappa shape index (κ3) is 2.70. The number of hydrogen-bond donors (Lipinski definition) is 1. The number of sulfone groups is 1. The van der Waals surface area contributed by atoms with Gasteiger partial charge in [-0.05, 0) is 19.3 Å². The topological polar surface area (TPSA) is 46.2 Å². The number of rotatable bonds is 2. The molecule has 2 aliphatic rings. The van der Waals surface area contributed by atoms with Gasteiger partial charge in [0.15, 0.2) is 9.84 Å². The SMILES string of the molecule is O=S1(=O)CCC(NC2CCCCC2)C1. The molecule has 14 heavy (non-hydrogen) atoms. The summed E-state index contributed by atoms with van der Waals surface area (Å²) in [7, 11) is -2.71. The van der Waals surface area contributed by atoms with Crippen molar-refractivity contribution in [3.63, 3.8) is 0 Å². The van der Waals surface area contributed by atoms with Crippen molar-refractivity contribution in [3.8, 4) is 0 Å². The van der Waals surface area contributed by atoms with Crippen molar-refractivity contribution in [2.24, 2.45) is 0 Å². The Bertz CT molecular complexity index is 280. The maximum Gasteiger partial charge on any atom is 0.151 e. The summed E-state index contributed by atoms with van der Waals surface area (Å²) in [6, 6.07) is 0.824. The normalized spacial score (nSPS) is 33.3. The highest BCUT2D eigenvalue weighted by atomic mass is 32.2. The van der Waals surface area contributed by atoms with Crippen LogP contribution in [0.4, 0.5) is 0 Å². The molecular weight excluding hydrogens is 198 g/mol. The van der Waals surface area contributed by atoms with Crippen LogP contribution in [0.25, 0.3) is 0 Å². The van der Waals surface area contributed by atoms with Gasteiger partial charge in [-0.2, -0.15) is 0 Å². The zero-order chi connectivity index (χ0) is 10.0. The Morgan fingerprint density at radius 3 is 2.21 bits per heavy atom. The molecule has 0 aromatic rings. The average Bonchev–Trinajstić information content (AvgIpc) is 2.47. The molecule has 0 bridgehead atoms. The predicted octanol–water partition coefficient (Wildman–Crippen LogP) is 1.10. The third-order valence-corrected chi connectivity index (χ3v) is 5.08. The van der Waals surface area contributed by atoms with Crippen LogP contribution in [-0.2, 0) is 9.84 Å². The summed E-state index contributed by atoms with van der Waals surface area (Å²) in [6.07, 6.45) is 7.24. The minimum absolute atomic E-state index is 0.239. The highest BCUT2D eigenvalue weighted by Gasteiger charge is 2.29. The van der Waals surface area contributed by atoms with Crippen molar-refractivity contribution in [2.75, 3.05) is 11.5 Å². The second-order valence-corrected chi connectivity index (χ2v) is 6.83. The van der Waals surface area contributed by atoms with Gasteiger partial charge in [0.1, 0.15) is 0 Å². The minimum atomic E-state index is -2.71. The van der Waals surface area contributed by atoms with Gasteiger partial charge < -0.3 is 5.32 Å². The Labute approximate surface area is 86.2 Å². The first-order valence-electron chi connectivity index (χ1n) is 5.62. The molecule has 0 aromatic heterocycles. The van der Waals surface area contributed by atoms with Crippen LogP contribution in [0.3, 0.4) is 0 Å². The summed E-state index contributed by atoms with van der Waals surface area (Å²) in [4.78, 5) is 0.